The van der Waals surface area contributed by atoms with Crippen molar-refractivity contribution in [2.75, 3.05) is 0 Å². The van der Waals surface area contributed by atoms with E-state index < -0.39 is 0 Å². The van der Waals surface area contributed by atoms with Crippen molar-refractivity contribution in [1.29, 1.82) is 0 Å². The Hall–Kier alpha value is -1.12. The molecule has 1 N–H and O–H groups in total. The number of hydrogen-bond acceptors (Lipinski definition) is 2. The summed E-state index contributed by atoms with van der Waals surface area (Å²) in [7, 11) is 0. The van der Waals surface area contributed by atoms with Gasteiger partial charge in [-0.3, -0.25) is 14.9 Å². The first-order valence-electron chi connectivity index (χ1n) is 5.30. The van der Waals surface area contributed by atoms with E-state index in [1.807, 2.05) is 0 Å². The van der Waals surface area contributed by atoms with Crippen molar-refractivity contribution in [2.24, 2.45) is 35.5 Å². The van der Waals surface area contributed by atoms with Crippen LogP contribution < -0.4 is 5.32 Å². The van der Waals surface area contributed by atoms with Crippen molar-refractivity contribution >= 4 is 11.8 Å². The highest BCUT2D eigenvalue weighted by atomic mass is 16.2. The van der Waals surface area contributed by atoms with Crippen LogP contribution in [-0.2, 0) is 9.59 Å². The van der Waals surface area contributed by atoms with E-state index in [-0.39, 0.29) is 23.7 Å². The van der Waals surface area contributed by atoms with Gasteiger partial charge in [0, 0.05) is 0 Å². The van der Waals surface area contributed by atoms with Gasteiger partial charge in [-0.1, -0.05) is 12.2 Å². The molecule has 0 radical (unpaired) electrons. The van der Waals surface area contributed by atoms with Gasteiger partial charge in [0.25, 0.3) is 0 Å². The van der Waals surface area contributed by atoms with Crippen molar-refractivity contribution in [3.8, 4) is 0 Å². The van der Waals surface area contributed by atoms with Gasteiger partial charge >= 0.3 is 0 Å². The maximum absolute atomic E-state index is 11.6. The molecule has 0 aromatic rings. The number of carbonyl (C=O) groups excluding carboxylic acids is 2. The lowest BCUT2D eigenvalue weighted by atomic mass is 9.63. The van der Waals surface area contributed by atoms with Gasteiger partial charge in [0.1, 0.15) is 0 Å². The molecule has 0 aromatic heterocycles. The molecule has 1 aliphatic heterocycles. The lowest BCUT2D eigenvalue weighted by Crippen LogP contribution is -2.40. The van der Waals surface area contributed by atoms with Gasteiger partial charge in [-0.05, 0) is 30.1 Å². The number of imide groups is 1. The van der Waals surface area contributed by atoms with Crippen molar-refractivity contribution in [1.82, 2.24) is 5.32 Å². The minimum absolute atomic E-state index is 0.0234. The molecule has 2 amide bonds. The minimum Gasteiger partial charge on any atom is -0.296 e. The van der Waals surface area contributed by atoms with Gasteiger partial charge in [0.2, 0.25) is 11.8 Å². The van der Waals surface area contributed by atoms with Gasteiger partial charge in [0.15, 0.2) is 0 Å². The van der Waals surface area contributed by atoms with Gasteiger partial charge in [0.05, 0.1) is 11.8 Å². The largest absolute Gasteiger partial charge is 0.296 e. The highest BCUT2D eigenvalue weighted by Crippen LogP contribution is 2.64. The van der Waals surface area contributed by atoms with Crippen LogP contribution in [0.3, 0.4) is 0 Å². The van der Waals surface area contributed by atoms with E-state index in [0.717, 1.165) is 0 Å². The topological polar surface area (TPSA) is 46.2 Å². The molecule has 3 heteroatoms. The Morgan fingerprint density at radius 2 is 1.50 bits per heavy atom. The van der Waals surface area contributed by atoms with Crippen LogP contribution in [0.1, 0.15) is 6.42 Å². The molecule has 0 unspecified atom stereocenters. The van der Waals surface area contributed by atoms with Crippen molar-refractivity contribution in [3.63, 3.8) is 0 Å². The van der Waals surface area contributed by atoms with E-state index in [2.05, 4.69) is 17.5 Å². The monoisotopic (exact) mass is 189 g/mol. The molecule has 4 aliphatic carbocycles. The summed E-state index contributed by atoms with van der Waals surface area (Å²) in [6.07, 6.45) is 5.59. The molecule has 0 aromatic carbocycles. The summed E-state index contributed by atoms with van der Waals surface area (Å²) in [6.45, 7) is 0. The highest BCUT2D eigenvalue weighted by molar-refractivity contribution is 6.06. The van der Waals surface area contributed by atoms with E-state index in [9.17, 15) is 9.59 Å². The summed E-state index contributed by atoms with van der Waals surface area (Å²) in [6, 6.07) is 0. The first-order chi connectivity index (χ1) is 6.77. The standard InChI is InChI=1S/C11H11NO2/c13-10-8-4-1-2-5(7-3-6(4)7)9(8)11(14)12-10/h1-2,4-9H,3H2,(H,12,13,14)/t4-,5-,6-,7+,8+,9+/m1/s1. The molecule has 72 valence electrons. The number of allylic oxidation sites excluding steroid dienone is 2. The molecular formula is C11H11NO2. The molecule has 2 saturated carbocycles. The van der Waals surface area contributed by atoms with Crippen molar-refractivity contribution in [3.05, 3.63) is 12.2 Å². The Kier molecular flexibility index (Phi) is 1.00. The first kappa shape index (κ1) is 7.21. The SMILES string of the molecule is O=C1NC(=O)[C@H]2[C@@H]3C=C[C@H]([C@H]4C[C@@H]34)[C@H]12. The molecule has 5 aliphatic rings. The van der Waals surface area contributed by atoms with Crippen LogP contribution >= 0.6 is 0 Å². The second-order valence-electron chi connectivity index (χ2n) is 5.01. The Morgan fingerprint density at radius 1 is 1.00 bits per heavy atom. The average Bonchev–Trinajstić information content (AvgIpc) is 2.92. The third kappa shape index (κ3) is 0.606. The van der Waals surface area contributed by atoms with Gasteiger partial charge in [-0.25, -0.2) is 0 Å². The van der Waals surface area contributed by atoms with Crippen LogP contribution in [0.25, 0.3) is 0 Å². The zero-order valence-electron chi connectivity index (χ0n) is 7.64. The smallest absolute Gasteiger partial charge is 0.231 e. The van der Waals surface area contributed by atoms with Gasteiger partial charge in [-0.15, -0.1) is 0 Å². The molecule has 2 bridgehead atoms. The quantitative estimate of drug-likeness (QED) is 0.441. The third-order valence-corrected chi connectivity index (χ3v) is 4.50. The fourth-order valence-corrected chi connectivity index (χ4v) is 3.88. The van der Waals surface area contributed by atoms with Crippen molar-refractivity contribution < 1.29 is 9.59 Å². The summed E-state index contributed by atoms with van der Waals surface area (Å²) in [4.78, 5) is 23.2. The summed E-state index contributed by atoms with van der Waals surface area (Å²) < 4.78 is 0. The second-order valence-corrected chi connectivity index (χ2v) is 5.01. The minimum atomic E-state index is -0.0266. The van der Waals surface area contributed by atoms with Crippen LogP contribution in [-0.4, -0.2) is 11.8 Å². The van der Waals surface area contributed by atoms with E-state index in [4.69, 9.17) is 0 Å². The van der Waals surface area contributed by atoms with Crippen molar-refractivity contribution in [2.45, 2.75) is 6.42 Å². The highest BCUT2D eigenvalue weighted by Gasteiger charge is 2.65. The summed E-state index contributed by atoms with van der Waals surface area (Å²) in [5.74, 6) is 2.05. The van der Waals surface area contributed by atoms with Crippen LogP contribution in [0.15, 0.2) is 12.2 Å². The van der Waals surface area contributed by atoms with Crippen LogP contribution in [0, 0.1) is 35.5 Å². The lowest BCUT2D eigenvalue weighted by Gasteiger charge is -2.37. The lowest BCUT2D eigenvalue weighted by molar-refractivity contribution is -0.126. The van der Waals surface area contributed by atoms with Crippen LogP contribution in [0.5, 0.6) is 0 Å². The fourth-order valence-electron chi connectivity index (χ4n) is 3.88. The van der Waals surface area contributed by atoms with Crippen LogP contribution in [0.4, 0.5) is 0 Å². The van der Waals surface area contributed by atoms with Crippen LogP contribution in [0.2, 0.25) is 0 Å². The number of carbonyl (C=O) groups is 2. The Bertz CT molecular complexity index is 353. The molecule has 1 heterocycles. The van der Waals surface area contributed by atoms with E-state index in [1.54, 1.807) is 0 Å². The maximum Gasteiger partial charge on any atom is 0.231 e. The molecule has 5 rings (SSSR count). The fraction of sp³-hybridized carbons (Fsp3) is 0.636. The van der Waals surface area contributed by atoms with E-state index in [0.29, 0.717) is 23.7 Å². The summed E-state index contributed by atoms with van der Waals surface area (Å²) >= 11 is 0. The Balaban J connectivity index is 1.88. The Labute approximate surface area is 81.5 Å². The molecule has 3 fully saturated rings. The zero-order valence-corrected chi connectivity index (χ0v) is 7.64. The predicted molar refractivity (Wildman–Crippen MR) is 47.8 cm³/mol. The predicted octanol–water partition coefficient (Wildman–Crippen LogP) is 0.327. The normalized spacial score (nSPS) is 56.9. The molecule has 1 saturated heterocycles. The number of nitrogens with one attached hydrogen (secondary N) is 1. The summed E-state index contributed by atoms with van der Waals surface area (Å²) in [5, 5.41) is 2.48. The molecule has 14 heavy (non-hydrogen) atoms. The zero-order chi connectivity index (χ0) is 9.45. The third-order valence-electron chi connectivity index (χ3n) is 4.50. The first-order valence-corrected chi connectivity index (χ1v) is 5.30. The maximum atomic E-state index is 11.6. The number of amides is 2. The molecule has 0 spiro atoms. The Morgan fingerprint density at radius 3 is 2.00 bits per heavy atom. The van der Waals surface area contributed by atoms with Gasteiger partial charge < -0.3 is 0 Å². The number of hydrogen-bond donors (Lipinski definition) is 1. The van der Waals surface area contributed by atoms with E-state index >= 15 is 0 Å². The molecule has 6 atom stereocenters. The van der Waals surface area contributed by atoms with E-state index in [1.165, 1.54) is 6.42 Å². The number of rotatable bonds is 0. The van der Waals surface area contributed by atoms with Gasteiger partial charge in [-0.2, -0.15) is 0 Å². The molecule has 3 nitrogen and oxygen atoms in total. The average molecular weight is 189 g/mol. The second kappa shape index (κ2) is 1.95. The molecular weight excluding hydrogens is 178 g/mol. The summed E-state index contributed by atoms with van der Waals surface area (Å²) in [5.41, 5.74) is 0.